The molecule has 1 fully saturated rings. The van der Waals surface area contributed by atoms with Crippen molar-refractivity contribution >= 4 is 45.4 Å². The van der Waals surface area contributed by atoms with E-state index in [1.165, 1.54) is 17.4 Å². The van der Waals surface area contributed by atoms with E-state index >= 15 is 0 Å². The summed E-state index contributed by atoms with van der Waals surface area (Å²) < 4.78 is 0. The number of aliphatic hydroxyl groups excluding tert-OH is 1. The molecule has 0 saturated carbocycles. The van der Waals surface area contributed by atoms with Gasteiger partial charge in [-0.05, 0) is 18.6 Å². The Bertz CT molecular complexity index is 1150. The number of para-hydroxylation sites is 1. The molecule has 2 unspecified atom stereocenters. The zero-order valence-electron chi connectivity index (χ0n) is 16.4. The first-order chi connectivity index (χ1) is 14.8. The fourth-order valence-electron chi connectivity index (χ4n) is 4.00. The number of benzene rings is 2. The molecule has 31 heavy (non-hydrogen) atoms. The van der Waals surface area contributed by atoms with Gasteiger partial charge in [0.05, 0.1) is 26.4 Å². The molecule has 160 valence electrons. The third-order valence-electron chi connectivity index (χ3n) is 5.55. The van der Waals surface area contributed by atoms with Gasteiger partial charge in [0.1, 0.15) is 0 Å². The van der Waals surface area contributed by atoms with E-state index in [2.05, 4.69) is 11.5 Å². The maximum atomic E-state index is 11.5. The summed E-state index contributed by atoms with van der Waals surface area (Å²) in [6, 6.07) is 12.1. The number of halogens is 2. The highest BCUT2D eigenvalue weighted by Crippen LogP contribution is 2.42. The highest BCUT2D eigenvalue weighted by atomic mass is 35.5. The normalized spacial score (nSPS) is 18.7. The van der Waals surface area contributed by atoms with Crippen LogP contribution >= 0.6 is 34.5 Å². The number of piperidine rings is 1. The van der Waals surface area contributed by atoms with E-state index in [0.29, 0.717) is 35.1 Å². The maximum absolute atomic E-state index is 11.5. The van der Waals surface area contributed by atoms with Crippen LogP contribution in [0.3, 0.4) is 0 Å². The third kappa shape index (κ3) is 4.39. The average Bonchev–Trinajstić information content (AvgIpc) is 3.25. The Labute approximate surface area is 193 Å². The molecular formula is C22H19Cl2N3O3S. The first-order valence-electron chi connectivity index (χ1n) is 9.62. The van der Waals surface area contributed by atoms with Crippen molar-refractivity contribution in [3.63, 3.8) is 0 Å². The summed E-state index contributed by atoms with van der Waals surface area (Å²) >= 11 is 13.6. The van der Waals surface area contributed by atoms with Crippen molar-refractivity contribution in [1.82, 2.24) is 4.98 Å². The van der Waals surface area contributed by atoms with Crippen molar-refractivity contribution in [1.29, 1.82) is 0 Å². The van der Waals surface area contributed by atoms with E-state index in [1.54, 1.807) is 30.3 Å². The van der Waals surface area contributed by atoms with Gasteiger partial charge in [-0.15, -0.1) is 11.3 Å². The molecule has 3 aromatic rings. The Balaban J connectivity index is 1.59. The molecule has 1 aliphatic rings. The van der Waals surface area contributed by atoms with Gasteiger partial charge in [0.2, 0.25) is 0 Å². The molecule has 1 aliphatic heterocycles. The van der Waals surface area contributed by atoms with Crippen molar-refractivity contribution in [3.05, 3.63) is 85.9 Å². The second-order valence-corrected chi connectivity index (χ2v) is 9.05. The number of thiazole rings is 1. The van der Waals surface area contributed by atoms with E-state index in [9.17, 15) is 15.2 Å². The summed E-state index contributed by atoms with van der Waals surface area (Å²) in [5, 5.41) is 25.5. The molecule has 9 heteroatoms. The first-order valence-corrected chi connectivity index (χ1v) is 11.3. The summed E-state index contributed by atoms with van der Waals surface area (Å²) in [4.78, 5) is 17.9. The molecule has 0 radical (unpaired) electrons. The van der Waals surface area contributed by atoms with E-state index in [-0.39, 0.29) is 28.2 Å². The lowest BCUT2D eigenvalue weighted by Crippen LogP contribution is -2.40. The largest absolute Gasteiger partial charge is 0.513 e. The molecule has 2 heterocycles. The predicted molar refractivity (Wildman–Crippen MR) is 125 cm³/mol. The van der Waals surface area contributed by atoms with Gasteiger partial charge in [0, 0.05) is 47.5 Å². The van der Waals surface area contributed by atoms with E-state index < -0.39 is 0 Å². The molecule has 6 nitrogen and oxygen atoms in total. The highest BCUT2D eigenvalue weighted by molar-refractivity contribution is 7.14. The number of rotatable bonds is 5. The minimum Gasteiger partial charge on any atom is -0.513 e. The lowest BCUT2D eigenvalue weighted by atomic mass is 9.79. The van der Waals surface area contributed by atoms with Crippen LogP contribution < -0.4 is 4.90 Å². The lowest BCUT2D eigenvalue weighted by Gasteiger charge is -2.38. The number of hydrogen-bond acceptors (Lipinski definition) is 6. The molecular weight excluding hydrogens is 457 g/mol. The van der Waals surface area contributed by atoms with Gasteiger partial charge in [0.25, 0.3) is 5.69 Å². The summed E-state index contributed by atoms with van der Waals surface area (Å²) in [7, 11) is 0. The second kappa shape index (κ2) is 8.86. The minimum absolute atomic E-state index is 0.0223. The number of anilines is 1. The fourth-order valence-corrected chi connectivity index (χ4v) is 5.17. The Morgan fingerprint density at radius 3 is 2.74 bits per heavy atom. The van der Waals surface area contributed by atoms with Crippen LogP contribution in [0.15, 0.2) is 60.2 Å². The van der Waals surface area contributed by atoms with Crippen molar-refractivity contribution in [2.45, 2.75) is 12.3 Å². The number of nitrogens with zero attached hydrogens (tertiary/aromatic N) is 3. The first kappa shape index (κ1) is 21.6. The van der Waals surface area contributed by atoms with Gasteiger partial charge in [-0.3, -0.25) is 10.1 Å². The van der Waals surface area contributed by atoms with Gasteiger partial charge in [-0.1, -0.05) is 54.0 Å². The zero-order valence-corrected chi connectivity index (χ0v) is 18.7. The number of hydrogen-bond donors (Lipinski definition) is 1. The standard InChI is InChI=1S/C22H19Cl2N3O3S/c1-13(28)17-11-26(9-8-15(17)16-4-2-3-5-21(16)27(29)30)22-25-20(12-31-22)14-6-7-18(23)19(24)10-14/h2-7,10,12,15,17,28H,1,8-9,11H2. The molecule has 1 N–H and O–H groups in total. The molecule has 0 aliphatic carbocycles. The quantitative estimate of drug-likeness (QED) is 0.252. The van der Waals surface area contributed by atoms with Gasteiger partial charge >= 0.3 is 0 Å². The summed E-state index contributed by atoms with van der Waals surface area (Å²) in [6.07, 6.45) is 0.636. The average molecular weight is 476 g/mol. The monoisotopic (exact) mass is 475 g/mol. The van der Waals surface area contributed by atoms with Crippen LogP contribution in [0.1, 0.15) is 17.9 Å². The molecule has 4 rings (SSSR count). The molecule has 2 atom stereocenters. The van der Waals surface area contributed by atoms with Gasteiger partial charge in [0.15, 0.2) is 5.13 Å². The van der Waals surface area contributed by atoms with Gasteiger partial charge in [-0.25, -0.2) is 4.98 Å². The van der Waals surface area contributed by atoms with Crippen molar-refractivity contribution in [2.75, 3.05) is 18.0 Å². The number of nitro benzene ring substituents is 1. The number of nitro groups is 1. The minimum atomic E-state index is -0.372. The van der Waals surface area contributed by atoms with Gasteiger partial charge < -0.3 is 10.0 Å². The summed E-state index contributed by atoms with van der Waals surface area (Å²) in [6.45, 7) is 4.88. The van der Waals surface area contributed by atoms with Crippen molar-refractivity contribution in [3.8, 4) is 11.3 Å². The Kier molecular flexibility index (Phi) is 6.18. The van der Waals surface area contributed by atoms with Crippen LogP contribution in [-0.2, 0) is 0 Å². The third-order valence-corrected chi connectivity index (χ3v) is 7.19. The van der Waals surface area contributed by atoms with E-state index in [0.717, 1.165) is 16.4 Å². The van der Waals surface area contributed by atoms with Crippen molar-refractivity contribution < 1.29 is 10.0 Å². The maximum Gasteiger partial charge on any atom is 0.272 e. The number of aliphatic hydroxyl groups is 1. The fraction of sp³-hybridized carbons (Fsp3) is 0.227. The molecule has 2 aromatic carbocycles. The van der Waals surface area contributed by atoms with E-state index in [4.69, 9.17) is 28.2 Å². The Morgan fingerprint density at radius 1 is 1.26 bits per heavy atom. The molecule has 1 aromatic heterocycles. The van der Waals surface area contributed by atoms with Crippen molar-refractivity contribution in [2.24, 2.45) is 5.92 Å². The predicted octanol–water partition coefficient (Wildman–Crippen LogP) is 6.71. The molecule has 0 spiro atoms. The lowest BCUT2D eigenvalue weighted by molar-refractivity contribution is -0.385. The molecule has 0 amide bonds. The molecule has 0 bridgehead atoms. The smallest absolute Gasteiger partial charge is 0.272 e. The zero-order chi connectivity index (χ0) is 22.1. The van der Waals surface area contributed by atoms with Crippen LogP contribution in [-0.4, -0.2) is 28.1 Å². The highest BCUT2D eigenvalue weighted by Gasteiger charge is 2.36. The van der Waals surface area contributed by atoms with Crippen LogP contribution in [0, 0.1) is 16.0 Å². The topological polar surface area (TPSA) is 79.5 Å². The Hall–Kier alpha value is -2.61. The number of aromatic nitrogens is 1. The SMILES string of the molecule is C=C(O)C1CN(c2nc(-c3ccc(Cl)c(Cl)c3)cs2)CCC1c1ccccc1[N+](=O)[O-]. The van der Waals surface area contributed by atoms with Crippen LogP contribution in [0.4, 0.5) is 10.8 Å². The van der Waals surface area contributed by atoms with Crippen LogP contribution in [0.2, 0.25) is 10.0 Å². The Morgan fingerprint density at radius 2 is 2.03 bits per heavy atom. The van der Waals surface area contributed by atoms with Gasteiger partial charge in [-0.2, -0.15) is 0 Å². The van der Waals surface area contributed by atoms with E-state index in [1.807, 2.05) is 11.4 Å². The molecule has 1 saturated heterocycles. The van der Waals surface area contributed by atoms with Crippen LogP contribution in [0.25, 0.3) is 11.3 Å². The van der Waals surface area contributed by atoms with Crippen LogP contribution in [0.5, 0.6) is 0 Å². The second-order valence-electron chi connectivity index (χ2n) is 7.40. The summed E-state index contributed by atoms with van der Waals surface area (Å²) in [5.74, 6) is -0.508. The summed E-state index contributed by atoms with van der Waals surface area (Å²) in [5.41, 5.74) is 2.36.